The van der Waals surface area contributed by atoms with Gasteiger partial charge in [-0.05, 0) is 25.3 Å². The van der Waals surface area contributed by atoms with Gasteiger partial charge in [0.1, 0.15) is 0 Å². The minimum Gasteiger partial charge on any atom is -0.396 e. The largest absolute Gasteiger partial charge is 0.396 e. The molecule has 0 spiro atoms. The number of hydrogen-bond acceptors (Lipinski definition) is 2. The van der Waals surface area contributed by atoms with E-state index in [1.807, 2.05) is 0 Å². The molecule has 1 rings (SSSR count). The van der Waals surface area contributed by atoms with Crippen molar-refractivity contribution in [1.82, 2.24) is 0 Å². The monoisotopic (exact) mass is 179 g/mol. The molecule has 2 nitrogen and oxygen atoms in total. The second kappa shape index (κ2) is 5.00. The van der Waals surface area contributed by atoms with Crippen LogP contribution in [-0.4, -0.2) is 11.7 Å². The lowest BCUT2D eigenvalue weighted by molar-refractivity contribution is 0.280. The predicted molar refractivity (Wildman–Crippen MR) is 54.4 cm³/mol. The third-order valence-electron chi connectivity index (χ3n) is 2.18. The van der Waals surface area contributed by atoms with Crippen molar-refractivity contribution in [2.45, 2.75) is 25.8 Å². The van der Waals surface area contributed by atoms with Crippen LogP contribution in [0.4, 0.5) is 0 Å². The smallest absolute Gasteiger partial charge is 0.0431 e. The fourth-order valence-electron chi connectivity index (χ4n) is 1.29. The highest BCUT2D eigenvalue weighted by atomic mass is 16.2. The Bertz CT molecular complexity index is 243. The van der Waals surface area contributed by atoms with E-state index in [1.165, 1.54) is 5.56 Å². The molecule has 1 atom stereocenters. The Kier molecular flexibility index (Phi) is 3.93. The summed E-state index contributed by atoms with van der Waals surface area (Å²) in [5, 5.41) is 8.65. The standard InChI is InChI=1S/C11H17NO/c1-9-4-6-10(7-5-9)11(12)3-2-8-13/h4-7,11,13H,2-3,8,12H2,1H3/t11-/m0/s1. The maximum absolute atomic E-state index is 8.65. The summed E-state index contributed by atoms with van der Waals surface area (Å²) in [6.07, 6.45) is 1.62. The molecule has 0 saturated carbocycles. The Morgan fingerprint density at radius 1 is 1.31 bits per heavy atom. The summed E-state index contributed by atoms with van der Waals surface area (Å²) < 4.78 is 0. The van der Waals surface area contributed by atoms with Gasteiger partial charge in [-0.1, -0.05) is 29.8 Å². The fraction of sp³-hybridized carbons (Fsp3) is 0.455. The maximum Gasteiger partial charge on any atom is 0.0431 e. The van der Waals surface area contributed by atoms with E-state index in [9.17, 15) is 0 Å². The molecule has 2 heteroatoms. The summed E-state index contributed by atoms with van der Waals surface area (Å²) in [6.45, 7) is 2.28. The summed E-state index contributed by atoms with van der Waals surface area (Å²) in [5.41, 5.74) is 8.32. The molecular weight excluding hydrogens is 162 g/mol. The predicted octanol–water partition coefficient (Wildman–Crippen LogP) is 1.77. The van der Waals surface area contributed by atoms with Crippen molar-refractivity contribution in [3.05, 3.63) is 35.4 Å². The van der Waals surface area contributed by atoms with Gasteiger partial charge in [0, 0.05) is 12.6 Å². The number of nitrogens with two attached hydrogens (primary N) is 1. The van der Waals surface area contributed by atoms with Crippen LogP contribution in [0, 0.1) is 6.92 Å². The molecule has 1 aromatic rings. The summed E-state index contributed by atoms with van der Waals surface area (Å²) in [6, 6.07) is 8.30. The van der Waals surface area contributed by atoms with Gasteiger partial charge in [-0.2, -0.15) is 0 Å². The molecule has 72 valence electrons. The van der Waals surface area contributed by atoms with E-state index in [-0.39, 0.29) is 12.6 Å². The van der Waals surface area contributed by atoms with Crippen molar-refractivity contribution in [3.8, 4) is 0 Å². The minimum absolute atomic E-state index is 0.0627. The molecule has 0 amide bonds. The van der Waals surface area contributed by atoms with E-state index in [0.717, 1.165) is 18.4 Å². The highest BCUT2D eigenvalue weighted by Gasteiger charge is 2.03. The van der Waals surface area contributed by atoms with Crippen molar-refractivity contribution >= 4 is 0 Å². The van der Waals surface area contributed by atoms with Crippen LogP contribution < -0.4 is 5.73 Å². The van der Waals surface area contributed by atoms with E-state index in [2.05, 4.69) is 31.2 Å². The Morgan fingerprint density at radius 3 is 2.46 bits per heavy atom. The summed E-state index contributed by atoms with van der Waals surface area (Å²) in [7, 11) is 0. The number of hydrogen-bond donors (Lipinski definition) is 2. The molecule has 1 aromatic carbocycles. The van der Waals surface area contributed by atoms with E-state index in [0.29, 0.717) is 0 Å². The van der Waals surface area contributed by atoms with Crippen LogP contribution in [0.15, 0.2) is 24.3 Å². The topological polar surface area (TPSA) is 46.2 Å². The zero-order valence-corrected chi connectivity index (χ0v) is 8.03. The average Bonchev–Trinajstić information content (AvgIpc) is 2.15. The number of aryl methyl sites for hydroxylation is 1. The van der Waals surface area contributed by atoms with Crippen LogP contribution in [-0.2, 0) is 0 Å². The second-order valence-electron chi connectivity index (χ2n) is 3.38. The van der Waals surface area contributed by atoms with Gasteiger partial charge >= 0.3 is 0 Å². The first-order valence-electron chi connectivity index (χ1n) is 4.67. The molecule has 0 unspecified atom stereocenters. The van der Waals surface area contributed by atoms with Crippen LogP contribution in [0.1, 0.15) is 30.0 Å². The van der Waals surface area contributed by atoms with Crippen LogP contribution in [0.5, 0.6) is 0 Å². The maximum atomic E-state index is 8.65. The first kappa shape index (κ1) is 10.2. The highest BCUT2D eigenvalue weighted by Crippen LogP contribution is 2.15. The molecule has 0 aliphatic rings. The lowest BCUT2D eigenvalue weighted by Crippen LogP contribution is -2.10. The number of aliphatic hydroxyl groups is 1. The number of benzene rings is 1. The van der Waals surface area contributed by atoms with Gasteiger partial charge in [0.15, 0.2) is 0 Å². The van der Waals surface area contributed by atoms with Crippen LogP contribution in [0.3, 0.4) is 0 Å². The van der Waals surface area contributed by atoms with E-state index in [4.69, 9.17) is 10.8 Å². The Balaban J connectivity index is 2.55. The summed E-state index contributed by atoms with van der Waals surface area (Å²) in [4.78, 5) is 0. The normalized spacial score (nSPS) is 12.8. The Labute approximate surface area is 79.4 Å². The van der Waals surface area contributed by atoms with Crippen LogP contribution >= 0.6 is 0 Å². The molecule has 3 N–H and O–H groups in total. The summed E-state index contributed by atoms with van der Waals surface area (Å²) >= 11 is 0. The molecule has 13 heavy (non-hydrogen) atoms. The van der Waals surface area contributed by atoms with Gasteiger partial charge in [-0.15, -0.1) is 0 Å². The molecule has 0 fully saturated rings. The molecule has 0 aliphatic heterocycles. The lowest BCUT2D eigenvalue weighted by atomic mass is 10.0. The van der Waals surface area contributed by atoms with Crippen molar-refractivity contribution in [2.75, 3.05) is 6.61 Å². The highest BCUT2D eigenvalue weighted by molar-refractivity contribution is 5.23. The van der Waals surface area contributed by atoms with Crippen molar-refractivity contribution < 1.29 is 5.11 Å². The first-order chi connectivity index (χ1) is 6.24. The second-order valence-corrected chi connectivity index (χ2v) is 3.38. The molecule has 0 aliphatic carbocycles. The van der Waals surface area contributed by atoms with Crippen molar-refractivity contribution in [2.24, 2.45) is 5.73 Å². The first-order valence-corrected chi connectivity index (χ1v) is 4.67. The molecule has 0 heterocycles. The van der Waals surface area contributed by atoms with Gasteiger partial charge in [0.2, 0.25) is 0 Å². The van der Waals surface area contributed by atoms with Crippen molar-refractivity contribution in [3.63, 3.8) is 0 Å². The fourth-order valence-corrected chi connectivity index (χ4v) is 1.29. The van der Waals surface area contributed by atoms with Crippen molar-refractivity contribution in [1.29, 1.82) is 0 Å². The third kappa shape index (κ3) is 3.17. The SMILES string of the molecule is Cc1ccc([C@@H](N)CCCO)cc1. The van der Waals surface area contributed by atoms with Gasteiger partial charge in [-0.3, -0.25) is 0 Å². The number of rotatable bonds is 4. The minimum atomic E-state index is 0.0627. The quantitative estimate of drug-likeness (QED) is 0.740. The zero-order chi connectivity index (χ0) is 9.68. The van der Waals surface area contributed by atoms with Gasteiger partial charge in [-0.25, -0.2) is 0 Å². The Hall–Kier alpha value is -0.860. The molecular formula is C11H17NO. The average molecular weight is 179 g/mol. The summed E-state index contributed by atoms with van der Waals surface area (Å²) in [5.74, 6) is 0. The molecule has 0 radical (unpaired) electrons. The molecule has 0 saturated heterocycles. The zero-order valence-electron chi connectivity index (χ0n) is 8.03. The third-order valence-corrected chi connectivity index (χ3v) is 2.18. The van der Waals surface area contributed by atoms with Crippen LogP contribution in [0.2, 0.25) is 0 Å². The van der Waals surface area contributed by atoms with Gasteiger partial charge < -0.3 is 10.8 Å². The molecule has 0 aromatic heterocycles. The number of aliphatic hydroxyl groups excluding tert-OH is 1. The Morgan fingerprint density at radius 2 is 1.92 bits per heavy atom. The van der Waals surface area contributed by atoms with E-state index >= 15 is 0 Å². The van der Waals surface area contributed by atoms with E-state index in [1.54, 1.807) is 0 Å². The van der Waals surface area contributed by atoms with Gasteiger partial charge in [0.25, 0.3) is 0 Å². The van der Waals surface area contributed by atoms with Gasteiger partial charge in [0.05, 0.1) is 0 Å². The van der Waals surface area contributed by atoms with E-state index < -0.39 is 0 Å². The molecule has 0 bridgehead atoms. The van der Waals surface area contributed by atoms with Crippen LogP contribution in [0.25, 0.3) is 0 Å². The lowest BCUT2D eigenvalue weighted by Gasteiger charge is -2.10.